The summed E-state index contributed by atoms with van der Waals surface area (Å²) in [7, 11) is -3.23. The van der Waals surface area contributed by atoms with Crippen molar-refractivity contribution in [2.24, 2.45) is 0 Å². The van der Waals surface area contributed by atoms with Crippen molar-refractivity contribution in [3.8, 4) is 0 Å². The number of hydrogen-bond acceptors (Lipinski definition) is 4. The minimum atomic E-state index is -3.23. The molecule has 0 spiro atoms. The Bertz CT molecular complexity index is 880. The predicted molar refractivity (Wildman–Crippen MR) is 103 cm³/mol. The maximum absolute atomic E-state index is 12.0. The summed E-state index contributed by atoms with van der Waals surface area (Å²) in [4.78, 5) is 24.1. The number of nitrogens with one attached hydrogen (secondary N) is 2. The number of hydrogen-bond donors (Lipinski definition) is 2. The van der Waals surface area contributed by atoms with Crippen LogP contribution in [0.25, 0.3) is 0 Å². The smallest absolute Gasteiger partial charge is 0.252 e. The van der Waals surface area contributed by atoms with Gasteiger partial charge in [-0.2, -0.15) is 0 Å². The van der Waals surface area contributed by atoms with Gasteiger partial charge in [-0.05, 0) is 52.4 Å². The molecular weight excluding hydrogens is 455 g/mol. The molecule has 0 atom stereocenters. The number of carbonyl (C=O) groups is 2. The minimum Gasteiger partial charge on any atom is -0.350 e. The molecule has 0 aliphatic rings. The zero-order valence-electron chi connectivity index (χ0n) is 13.5. The van der Waals surface area contributed by atoms with E-state index in [-0.39, 0.29) is 29.8 Å². The standard InChI is InChI=1S/C17H17IN2O4S/c1-25(23,24)13-8-6-12(7-9-13)10-19-16(21)11-20-17(22)14-4-2-3-5-15(14)18/h2-9H,10-11H2,1H3,(H,19,21)(H,20,22). The molecule has 2 rings (SSSR count). The summed E-state index contributed by atoms with van der Waals surface area (Å²) in [5, 5.41) is 5.24. The molecule has 0 bridgehead atoms. The van der Waals surface area contributed by atoms with Crippen LogP contribution in [0, 0.1) is 3.57 Å². The molecular formula is C17H17IN2O4S. The Balaban J connectivity index is 1.83. The fraction of sp³-hybridized carbons (Fsp3) is 0.176. The van der Waals surface area contributed by atoms with E-state index in [2.05, 4.69) is 33.2 Å². The first-order valence-corrected chi connectivity index (χ1v) is 10.3. The highest BCUT2D eigenvalue weighted by atomic mass is 127. The van der Waals surface area contributed by atoms with Gasteiger partial charge in [-0.3, -0.25) is 9.59 Å². The molecule has 6 nitrogen and oxygen atoms in total. The Hall–Kier alpha value is -1.94. The second kappa shape index (κ2) is 8.43. The van der Waals surface area contributed by atoms with Gasteiger partial charge in [0.05, 0.1) is 17.0 Å². The third-order valence-electron chi connectivity index (χ3n) is 3.37. The van der Waals surface area contributed by atoms with Gasteiger partial charge >= 0.3 is 0 Å². The lowest BCUT2D eigenvalue weighted by atomic mass is 10.2. The monoisotopic (exact) mass is 472 g/mol. The number of carbonyl (C=O) groups excluding carboxylic acids is 2. The molecule has 0 fully saturated rings. The van der Waals surface area contributed by atoms with Crippen molar-refractivity contribution in [3.63, 3.8) is 0 Å². The molecule has 0 aliphatic carbocycles. The Morgan fingerprint density at radius 3 is 2.24 bits per heavy atom. The topological polar surface area (TPSA) is 92.3 Å². The summed E-state index contributed by atoms with van der Waals surface area (Å²) >= 11 is 2.06. The highest BCUT2D eigenvalue weighted by Gasteiger charge is 2.11. The van der Waals surface area contributed by atoms with Gasteiger partial charge in [0.25, 0.3) is 5.91 Å². The van der Waals surface area contributed by atoms with E-state index in [9.17, 15) is 18.0 Å². The maximum atomic E-state index is 12.0. The SMILES string of the molecule is CS(=O)(=O)c1ccc(CNC(=O)CNC(=O)c2ccccc2I)cc1. The van der Waals surface area contributed by atoms with Gasteiger partial charge in [-0.15, -0.1) is 0 Å². The predicted octanol–water partition coefficient (Wildman–Crippen LogP) is 1.74. The summed E-state index contributed by atoms with van der Waals surface area (Å²) in [6.45, 7) is 0.118. The second-order valence-corrected chi connectivity index (χ2v) is 8.53. The summed E-state index contributed by atoms with van der Waals surface area (Å²) in [5.41, 5.74) is 1.29. The van der Waals surface area contributed by atoms with Crippen molar-refractivity contribution in [1.29, 1.82) is 0 Å². The molecule has 0 radical (unpaired) electrons. The second-order valence-electron chi connectivity index (χ2n) is 5.36. The summed E-state index contributed by atoms with van der Waals surface area (Å²) in [6.07, 6.45) is 1.14. The van der Waals surface area contributed by atoms with Crippen molar-refractivity contribution in [3.05, 3.63) is 63.2 Å². The molecule has 2 aromatic carbocycles. The molecule has 2 N–H and O–H groups in total. The van der Waals surface area contributed by atoms with Crippen LogP contribution in [0.15, 0.2) is 53.4 Å². The van der Waals surface area contributed by atoms with E-state index < -0.39 is 9.84 Å². The lowest BCUT2D eigenvalue weighted by Gasteiger charge is -2.08. The molecule has 2 aromatic rings. The first kappa shape index (κ1) is 19.4. The molecule has 8 heteroatoms. The highest BCUT2D eigenvalue weighted by Crippen LogP contribution is 2.11. The Kier molecular flexibility index (Phi) is 6.54. The van der Waals surface area contributed by atoms with Crippen LogP contribution in [0.2, 0.25) is 0 Å². The molecule has 0 heterocycles. The van der Waals surface area contributed by atoms with Crippen molar-refractivity contribution in [1.82, 2.24) is 10.6 Å². The number of halogens is 1. The fourth-order valence-corrected chi connectivity index (χ4v) is 3.28. The van der Waals surface area contributed by atoms with Crippen LogP contribution < -0.4 is 10.6 Å². The minimum absolute atomic E-state index is 0.134. The summed E-state index contributed by atoms with van der Waals surface area (Å²) in [6, 6.07) is 13.4. The van der Waals surface area contributed by atoms with E-state index >= 15 is 0 Å². The number of sulfone groups is 1. The van der Waals surface area contributed by atoms with E-state index in [0.717, 1.165) is 15.4 Å². The molecule has 2 amide bonds. The largest absolute Gasteiger partial charge is 0.350 e. The molecule has 25 heavy (non-hydrogen) atoms. The lowest BCUT2D eigenvalue weighted by molar-refractivity contribution is -0.120. The van der Waals surface area contributed by atoms with Crippen LogP contribution >= 0.6 is 22.6 Å². The Labute approximate surface area is 160 Å². The number of rotatable bonds is 6. The van der Waals surface area contributed by atoms with Crippen LogP contribution in [0.4, 0.5) is 0 Å². The van der Waals surface area contributed by atoms with Gasteiger partial charge in [0.15, 0.2) is 9.84 Å². The van der Waals surface area contributed by atoms with Crippen molar-refractivity contribution in [2.75, 3.05) is 12.8 Å². The number of amides is 2. The Morgan fingerprint density at radius 2 is 1.64 bits per heavy atom. The van der Waals surface area contributed by atoms with E-state index in [1.165, 1.54) is 12.1 Å². The van der Waals surface area contributed by atoms with Crippen molar-refractivity contribution >= 4 is 44.2 Å². The Morgan fingerprint density at radius 1 is 1.00 bits per heavy atom. The van der Waals surface area contributed by atoms with Gasteiger partial charge < -0.3 is 10.6 Å². The van der Waals surface area contributed by atoms with Crippen LogP contribution in [-0.2, 0) is 21.2 Å². The maximum Gasteiger partial charge on any atom is 0.252 e. The molecule has 132 valence electrons. The average Bonchev–Trinajstić information content (AvgIpc) is 2.58. The van der Waals surface area contributed by atoms with Gasteiger partial charge in [0.1, 0.15) is 0 Å². The molecule has 0 saturated heterocycles. The van der Waals surface area contributed by atoms with E-state index in [0.29, 0.717) is 5.56 Å². The van der Waals surface area contributed by atoms with Crippen LogP contribution in [-0.4, -0.2) is 33.0 Å². The molecule has 0 unspecified atom stereocenters. The van der Waals surface area contributed by atoms with Crippen LogP contribution in [0.1, 0.15) is 15.9 Å². The van der Waals surface area contributed by atoms with E-state index in [1.54, 1.807) is 24.3 Å². The lowest BCUT2D eigenvalue weighted by Crippen LogP contribution is -2.36. The van der Waals surface area contributed by atoms with Gasteiger partial charge in [0.2, 0.25) is 5.91 Å². The van der Waals surface area contributed by atoms with Gasteiger partial charge in [-0.25, -0.2) is 8.42 Å². The molecule has 0 aliphatic heterocycles. The van der Waals surface area contributed by atoms with Crippen molar-refractivity contribution < 1.29 is 18.0 Å². The first-order chi connectivity index (χ1) is 11.8. The van der Waals surface area contributed by atoms with Gasteiger partial charge in [-0.1, -0.05) is 24.3 Å². The third-order valence-corrected chi connectivity index (χ3v) is 5.44. The number of benzene rings is 2. The highest BCUT2D eigenvalue weighted by molar-refractivity contribution is 14.1. The average molecular weight is 472 g/mol. The zero-order chi connectivity index (χ0) is 18.4. The van der Waals surface area contributed by atoms with Crippen LogP contribution in [0.3, 0.4) is 0 Å². The quantitative estimate of drug-likeness (QED) is 0.627. The normalized spacial score (nSPS) is 11.0. The van der Waals surface area contributed by atoms with Gasteiger partial charge in [0, 0.05) is 16.4 Å². The first-order valence-electron chi connectivity index (χ1n) is 7.36. The van der Waals surface area contributed by atoms with E-state index in [1.807, 2.05) is 12.1 Å². The summed E-state index contributed by atoms with van der Waals surface area (Å²) < 4.78 is 23.6. The van der Waals surface area contributed by atoms with Crippen LogP contribution in [0.5, 0.6) is 0 Å². The third kappa shape index (κ3) is 5.82. The zero-order valence-corrected chi connectivity index (χ0v) is 16.4. The molecule has 0 saturated carbocycles. The fourth-order valence-electron chi connectivity index (χ4n) is 2.02. The summed E-state index contributed by atoms with van der Waals surface area (Å²) in [5.74, 6) is -0.635. The van der Waals surface area contributed by atoms with Crippen molar-refractivity contribution in [2.45, 2.75) is 11.4 Å². The molecule has 0 aromatic heterocycles. The van der Waals surface area contributed by atoms with E-state index in [4.69, 9.17) is 0 Å².